The van der Waals surface area contributed by atoms with Crippen LogP contribution in [0.2, 0.25) is 0 Å². The Bertz CT molecular complexity index is 514. The van der Waals surface area contributed by atoms with E-state index in [1.165, 1.54) is 36.9 Å². The van der Waals surface area contributed by atoms with E-state index in [0.29, 0.717) is 5.92 Å². The average Bonchev–Trinajstić information content (AvgIpc) is 3.00. The zero-order chi connectivity index (χ0) is 11.7. The molecule has 1 aliphatic carbocycles. The summed E-state index contributed by atoms with van der Waals surface area (Å²) in [6.07, 6.45) is 5.38. The van der Waals surface area contributed by atoms with E-state index >= 15 is 0 Å². The Labute approximate surface area is 114 Å². The first-order chi connectivity index (χ1) is 8.33. The number of halogens is 1. The van der Waals surface area contributed by atoms with E-state index in [0.717, 1.165) is 9.48 Å². The van der Waals surface area contributed by atoms with Gasteiger partial charge >= 0.3 is 0 Å². The van der Waals surface area contributed by atoms with Crippen LogP contribution in [0.5, 0.6) is 0 Å². The lowest BCUT2D eigenvalue weighted by molar-refractivity contribution is 0.704. The SMILES string of the molecule is Brc1cccc(-c2nc(C3CCCC3)cs2)c1. The predicted molar refractivity (Wildman–Crippen MR) is 76.5 cm³/mol. The standard InChI is InChI=1S/C14H14BrNS/c15-12-7-3-6-11(8-12)14-16-13(9-17-14)10-4-1-2-5-10/h3,6-10H,1-2,4-5H2. The van der Waals surface area contributed by atoms with Crippen LogP contribution in [-0.4, -0.2) is 4.98 Å². The molecule has 0 amide bonds. The highest BCUT2D eigenvalue weighted by atomic mass is 79.9. The van der Waals surface area contributed by atoms with E-state index in [1.54, 1.807) is 11.3 Å². The molecule has 0 N–H and O–H groups in total. The molecular weight excluding hydrogens is 294 g/mol. The van der Waals surface area contributed by atoms with Crippen molar-refractivity contribution in [2.24, 2.45) is 0 Å². The van der Waals surface area contributed by atoms with Crippen molar-refractivity contribution in [2.45, 2.75) is 31.6 Å². The van der Waals surface area contributed by atoms with Gasteiger partial charge in [-0.05, 0) is 25.0 Å². The third-order valence-electron chi connectivity index (χ3n) is 3.37. The van der Waals surface area contributed by atoms with Crippen LogP contribution in [-0.2, 0) is 0 Å². The van der Waals surface area contributed by atoms with E-state index in [9.17, 15) is 0 Å². The van der Waals surface area contributed by atoms with Crippen molar-refractivity contribution in [1.82, 2.24) is 4.98 Å². The largest absolute Gasteiger partial charge is 0.241 e. The molecule has 1 nitrogen and oxygen atoms in total. The minimum absolute atomic E-state index is 0.715. The number of hydrogen-bond acceptors (Lipinski definition) is 2. The molecule has 0 spiro atoms. The van der Waals surface area contributed by atoms with Crippen LogP contribution in [0.4, 0.5) is 0 Å². The van der Waals surface area contributed by atoms with Crippen LogP contribution in [0, 0.1) is 0 Å². The van der Waals surface area contributed by atoms with E-state index < -0.39 is 0 Å². The summed E-state index contributed by atoms with van der Waals surface area (Å²) in [5.41, 5.74) is 2.52. The molecule has 1 fully saturated rings. The quantitative estimate of drug-likeness (QED) is 0.740. The molecule has 0 saturated heterocycles. The van der Waals surface area contributed by atoms with Gasteiger partial charge in [0.15, 0.2) is 0 Å². The second-order valence-corrected chi connectivity index (χ2v) is 6.34. The molecule has 17 heavy (non-hydrogen) atoms. The second-order valence-electron chi connectivity index (χ2n) is 4.57. The Balaban J connectivity index is 1.89. The van der Waals surface area contributed by atoms with Crippen molar-refractivity contribution in [1.29, 1.82) is 0 Å². The van der Waals surface area contributed by atoms with Crippen LogP contribution >= 0.6 is 27.3 Å². The van der Waals surface area contributed by atoms with E-state index in [4.69, 9.17) is 4.98 Å². The second kappa shape index (κ2) is 4.91. The summed E-state index contributed by atoms with van der Waals surface area (Å²) in [7, 11) is 0. The fraction of sp³-hybridized carbons (Fsp3) is 0.357. The molecule has 0 atom stereocenters. The van der Waals surface area contributed by atoms with Gasteiger partial charge in [-0.15, -0.1) is 11.3 Å². The number of hydrogen-bond donors (Lipinski definition) is 0. The van der Waals surface area contributed by atoms with Gasteiger partial charge in [-0.2, -0.15) is 0 Å². The van der Waals surface area contributed by atoms with Crippen LogP contribution in [0.3, 0.4) is 0 Å². The van der Waals surface area contributed by atoms with E-state index in [-0.39, 0.29) is 0 Å². The molecule has 1 aromatic carbocycles. The summed E-state index contributed by atoms with van der Waals surface area (Å²) < 4.78 is 1.12. The Morgan fingerprint density at radius 1 is 1.24 bits per heavy atom. The summed E-state index contributed by atoms with van der Waals surface area (Å²) in [5.74, 6) is 0.715. The third-order valence-corrected chi connectivity index (χ3v) is 4.77. The maximum atomic E-state index is 4.80. The van der Waals surface area contributed by atoms with Gasteiger partial charge in [0.1, 0.15) is 5.01 Å². The monoisotopic (exact) mass is 307 g/mol. The molecular formula is C14H14BrNS. The van der Waals surface area contributed by atoms with Crippen molar-refractivity contribution < 1.29 is 0 Å². The fourth-order valence-corrected chi connectivity index (χ4v) is 3.75. The molecule has 3 rings (SSSR count). The molecule has 1 aromatic heterocycles. The molecule has 88 valence electrons. The molecule has 0 radical (unpaired) electrons. The summed E-state index contributed by atoms with van der Waals surface area (Å²) in [5, 5.41) is 3.39. The van der Waals surface area contributed by atoms with Crippen molar-refractivity contribution in [2.75, 3.05) is 0 Å². The number of rotatable bonds is 2. The lowest BCUT2D eigenvalue weighted by atomic mass is 10.1. The van der Waals surface area contributed by atoms with Gasteiger partial charge in [-0.25, -0.2) is 4.98 Å². The lowest BCUT2D eigenvalue weighted by Gasteiger charge is -2.03. The number of benzene rings is 1. The highest BCUT2D eigenvalue weighted by Gasteiger charge is 2.19. The van der Waals surface area contributed by atoms with Crippen molar-refractivity contribution >= 4 is 27.3 Å². The van der Waals surface area contributed by atoms with Crippen molar-refractivity contribution in [3.63, 3.8) is 0 Å². The van der Waals surface area contributed by atoms with Crippen LogP contribution in [0.15, 0.2) is 34.1 Å². The van der Waals surface area contributed by atoms with Crippen LogP contribution < -0.4 is 0 Å². The van der Waals surface area contributed by atoms with Crippen LogP contribution in [0.25, 0.3) is 10.6 Å². The fourth-order valence-electron chi connectivity index (χ4n) is 2.45. The molecule has 2 aromatic rings. The molecule has 1 aliphatic rings. The Hall–Kier alpha value is -0.670. The van der Waals surface area contributed by atoms with Gasteiger partial charge in [-0.3, -0.25) is 0 Å². The molecule has 1 saturated carbocycles. The highest BCUT2D eigenvalue weighted by Crippen LogP contribution is 2.36. The summed E-state index contributed by atoms with van der Waals surface area (Å²) in [6, 6.07) is 8.38. The van der Waals surface area contributed by atoms with Gasteiger partial charge in [0.25, 0.3) is 0 Å². The zero-order valence-electron chi connectivity index (χ0n) is 9.53. The smallest absolute Gasteiger partial charge is 0.123 e. The Morgan fingerprint density at radius 2 is 2.06 bits per heavy atom. The van der Waals surface area contributed by atoms with Crippen molar-refractivity contribution in [3.05, 3.63) is 39.8 Å². The summed E-state index contributed by atoms with van der Waals surface area (Å²) in [6.45, 7) is 0. The van der Waals surface area contributed by atoms with E-state index in [1.807, 2.05) is 0 Å². The van der Waals surface area contributed by atoms with Gasteiger partial charge in [-0.1, -0.05) is 40.9 Å². The first-order valence-electron chi connectivity index (χ1n) is 6.04. The first-order valence-corrected chi connectivity index (χ1v) is 7.71. The Morgan fingerprint density at radius 3 is 2.82 bits per heavy atom. The molecule has 0 bridgehead atoms. The Kier molecular flexibility index (Phi) is 3.30. The first kappa shape index (κ1) is 11.4. The number of nitrogens with zero attached hydrogens (tertiary/aromatic N) is 1. The lowest BCUT2D eigenvalue weighted by Crippen LogP contribution is -1.91. The van der Waals surface area contributed by atoms with Gasteiger partial charge < -0.3 is 0 Å². The number of aromatic nitrogens is 1. The average molecular weight is 308 g/mol. The third kappa shape index (κ3) is 2.45. The molecule has 1 heterocycles. The normalized spacial score (nSPS) is 16.5. The predicted octanol–water partition coefficient (Wildman–Crippen LogP) is 5.23. The van der Waals surface area contributed by atoms with Crippen LogP contribution in [0.1, 0.15) is 37.3 Å². The van der Waals surface area contributed by atoms with Gasteiger partial charge in [0.05, 0.1) is 5.69 Å². The summed E-state index contributed by atoms with van der Waals surface area (Å²) >= 11 is 5.28. The van der Waals surface area contributed by atoms with Gasteiger partial charge in [0, 0.05) is 21.3 Å². The highest BCUT2D eigenvalue weighted by molar-refractivity contribution is 9.10. The minimum Gasteiger partial charge on any atom is -0.241 e. The maximum absolute atomic E-state index is 4.80. The van der Waals surface area contributed by atoms with E-state index in [2.05, 4.69) is 45.6 Å². The summed E-state index contributed by atoms with van der Waals surface area (Å²) in [4.78, 5) is 4.80. The van der Waals surface area contributed by atoms with Gasteiger partial charge in [0.2, 0.25) is 0 Å². The molecule has 0 unspecified atom stereocenters. The van der Waals surface area contributed by atoms with Crippen molar-refractivity contribution in [3.8, 4) is 10.6 Å². The number of thiazole rings is 1. The topological polar surface area (TPSA) is 12.9 Å². The maximum Gasteiger partial charge on any atom is 0.123 e. The molecule has 3 heteroatoms. The molecule has 0 aliphatic heterocycles. The zero-order valence-corrected chi connectivity index (χ0v) is 11.9. The minimum atomic E-state index is 0.715.